The van der Waals surface area contributed by atoms with Gasteiger partial charge in [-0.3, -0.25) is 0 Å². The molecule has 0 amide bonds. The van der Waals surface area contributed by atoms with E-state index in [1.807, 2.05) is 0 Å². The quantitative estimate of drug-likeness (QED) is 0.622. The largest absolute Gasteiger partial charge is 0.497 e. The Labute approximate surface area is 125 Å². The van der Waals surface area contributed by atoms with Crippen molar-refractivity contribution < 1.29 is 22.3 Å². The molecule has 0 spiro atoms. The minimum absolute atomic E-state index is 0.0806. The summed E-state index contributed by atoms with van der Waals surface area (Å²) in [5, 5.41) is 0. The number of benzene rings is 1. The van der Waals surface area contributed by atoms with Gasteiger partial charge in [0.2, 0.25) is 11.6 Å². The molecule has 0 atom stereocenters. The van der Waals surface area contributed by atoms with Gasteiger partial charge in [-0.05, 0) is 24.6 Å². The van der Waals surface area contributed by atoms with Crippen LogP contribution in [-0.4, -0.2) is 18.6 Å². The molecule has 0 aliphatic rings. The van der Waals surface area contributed by atoms with E-state index in [0.717, 1.165) is 0 Å². The van der Waals surface area contributed by atoms with E-state index in [9.17, 15) is 17.6 Å². The van der Waals surface area contributed by atoms with Crippen LogP contribution >= 0.6 is 0 Å². The highest BCUT2D eigenvalue weighted by atomic mass is 19.2. The van der Waals surface area contributed by atoms with Crippen molar-refractivity contribution in [1.82, 2.24) is 4.98 Å². The molecule has 0 aliphatic carbocycles. The van der Waals surface area contributed by atoms with Crippen molar-refractivity contribution in [1.29, 1.82) is 0 Å². The van der Waals surface area contributed by atoms with Gasteiger partial charge >= 0.3 is 0 Å². The van der Waals surface area contributed by atoms with Crippen LogP contribution in [0, 0.1) is 23.5 Å². The number of ether oxygens (including phenoxy) is 1. The van der Waals surface area contributed by atoms with E-state index in [-0.39, 0.29) is 13.1 Å². The second-order valence-corrected chi connectivity index (χ2v) is 4.53. The van der Waals surface area contributed by atoms with Gasteiger partial charge < -0.3 is 9.64 Å². The van der Waals surface area contributed by atoms with Crippen molar-refractivity contribution in [3.05, 3.63) is 53.4 Å². The number of anilines is 1. The molecule has 7 heteroatoms. The van der Waals surface area contributed by atoms with Crippen LogP contribution in [0.1, 0.15) is 12.5 Å². The number of rotatable bonds is 5. The van der Waals surface area contributed by atoms with Gasteiger partial charge in [0.1, 0.15) is 11.4 Å². The van der Waals surface area contributed by atoms with Crippen LogP contribution in [0.25, 0.3) is 0 Å². The highest BCUT2D eigenvalue weighted by Crippen LogP contribution is 2.27. The molecular formula is C15H14F4N2O. The number of hydrogen-bond donors (Lipinski definition) is 0. The van der Waals surface area contributed by atoms with Crippen LogP contribution in [-0.2, 0) is 6.54 Å². The number of aromatic nitrogens is 1. The van der Waals surface area contributed by atoms with E-state index >= 15 is 0 Å². The molecule has 1 heterocycles. The molecule has 0 radical (unpaired) electrons. The second kappa shape index (κ2) is 6.64. The van der Waals surface area contributed by atoms with Gasteiger partial charge in [-0.15, -0.1) is 0 Å². The maximum atomic E-state index is 13.8. The second-order valence-electron chi connectivity index (χ2n) is 4.53. The van der Waals surface area contributed by atoms with Gasteiger partial charge in [-0.2, -0.15) is 22.5 Å². The fourth-order valence-corrected chi connectivity index (χ4v) is 2.05. The lowest BCUT2D eigenvalue weighted by Crippen LogP contribution is -2.25. The zero-order valence-corrected chi connectivity index (χ0v) is 12.0. The average Bonchev–Trinajstić information content (AvgIpc) is 2.52. The summed E-state index contributed by atoms with van der Waals surface area (Å²) < 4.78 is 59.0. The molecule has 1 aromatic heterocycles. The molecule has 0 saturated heterocycles. The van der Waals surface area contributed by atoms with Gasteiger partial charge in [0.25, 0.3) is 11.9 Å². The van der Waals surface area contributed by atoms with Crippen LogP contribution in [0.15, 0.2) is 24.3 Å². The maximum absolute atomic E-state index is 13.8. The summed E-state index contributed by atoms with van der Waals surface area (Å²) >= 11 is 0. The Kier molecular flexibility index (Phi) is 4.85. The lowest BCUT2D eigenvalue weighted by molar-refractivity contribution is 0.405. The van der Waals surface area contributed by atoms with E-state index in [1.165, 1.54) is 12.0 Å². The first-order chi connectivity index (χ1) is 10.5. The zero-order valence-electron chi connectivity index (χ0n) is 12.0. The van der Waals surface area contributed by atoms with E-state index in [1.54, 1.807) is 31.2 Å². The van der Waals surface area contributed by atoms with E-state index in [4.69, 9.17) is 4.74 Å². The average molecular weight is 314 g/mol. The number of nitrogens with zero attached hydrogens (tertiary/aromatic N) is 2. The first-order valence-electron chi connectivity index (χ1n) is 6.55. The van der Waals surface area contributed by atoms with E-state index in [2.05, 4.69) is 4.98 Å². The monoisotopic (exact) mass is 314 g/mol. The molecule has 0 unspecified atom stereocenters. The molecule has 0 saturated carbocycles. The minimum atomic E-state index is -1.66. The minimum Gasteiger partial charge on any atom is -0.497 e. The van der Waals surface area contributed by atoms with Crippen molar-refractivity contribution in [2.45, 2.75) is 13.5 Å². The standard InChI is InChI=1S/C15H14F4N2O/c1-3-21(8-9-4-6-10(22-2)7-5-9)13-11(16)14(18)20-15(19)12(13)17/h4-7H,3,8H2,1-2H3. The number of halogens is 4. The zero-order chi connectivity index (χ0) is 16.3. The van der Waals surface area contributed by atoms with Crippen LogP contribution in [0.5, 0.6) is 5.75 Å². The number of methoxy groups -OCH3 is 1. The molecule has 118 valence electrons. The summed E-state index contributed by atoms with van der Waals surface area (Å²) in [7, 11) is 1.51. The fourth-order valence-electron chi connectivity index (χ4n) is 2.05. The summed E-state index contributed by atoms with van der Waals surface area (Å²) in [6, 6.07) is 6.77. The van der Waals surface area contributed by atoms with E-state index in [0.29, 0.717) is 11.3 Å². The van der Waals surface area contributed by atoms with Crippen LogP contribution in [0.3, 0.4) is 0 Å². The number of pyridine rings is 1. The molecule has 3 nitrogen and oxygen atoms in total. The summed E-state index contributed by atoms with van der Waals surface area (Å²) in [6.45, 7) is 1.86. The Hall–Kier alpha value is -2.31. The predicted molar refractivity (Wildman–Crippen MR) is 73.8 cm³/mol. The van der Waals surface area contributed by atoms with Crippen molar-refractivity contribution in [2.24, 2.45) is 0 Å². The molecular weight excluding hydrogens is 300 g/mol. The molecule has 1 aromatic carbocycles. The van der Waals surface area contributed by atoms with Gasteiger partial charge in [0.15, 0.2) is 0 Å². The Morgan fingerprint density at radius 3 is 2.00 bits per heavy atom. The molecule has 2 rings (SSSR count). The van der Waals surface area contributed by atoms with Crippen LogP contribution in [0.4, 0.5) is 23.2 Å². The molecule has 0 N–H and O–H groups in total. The highest BCUT2D eigenvalue weighted by Gasteiger charge is 2.24. The number of hydrogen-bond acceptors (Lipinski definition) is 3. The summed E-state index contributed by atoms with van der Waals surface area (Å²) in [5.74, 6) is -5.71. The molecule has 2 aromatic rings. The molecule has 0 aliphatic heterocycles. The SMILES string of the molecule is CCN(Cc1ccc(OC)cc1)c1c(F)c(F)nc(F)c1F. The Morgan fingerprint density at radius 2 is 1.55 bits per heavy atom. The van der Waals surface area contributed by atoms with Crippen molar-refractivity contribution in [2.75, 3.05) is 18.6 Å². The highest BCUT2D eigenvalue weighted by molar-refractivity contribution is 5.49. The van der Waals surface area contributed by atoms with Gasteiger partial charge in [0.05, 0.1) is 7.11 Å². The van der Waals surface area contributed by atoms with Crippen LogP contribution < -0.4 is 9.64 Å². The van der Waals surface area contributed by atoms with Gasteiger partial charge in [0, 0.05) is 13.1 Å². The first kappa shape index (κ1) is 16.1. The third kappa shape index (κ3) is 3.13. The van der Waals surface area contributed by atoms with E-state index < -0.39 is 29.2 Å². The van der Waals surface area contributed by atoms with Crippen molar-refractivity contribution >= 4 is 5.69 Å². The van der Waals surface area contributed by atoms with Crippen molar-refractivity contribution in [3.8, 4) is 5.75 Å². The van der Waals surface area contributed by atoms with Crippen molar-refractivity contribution in [3.63, 3.8) is 0 Å². The summed E-state index contributed by atoms with van der Waals surface area (Å²) in [6.07, 6.45) is 0. The maximum Gasteiger partial charge on any atom is 0.253 e. The fraction of sp³-hybridized carbons (Fsp3) is 0.267. The molecule has 0 bridgehead atoms. The Bertz CT molecular complexity index is 635. The first-order valence-corrected chi connectivity index (χ1v) is 6.55. The smallest absolute Gasteiger partial charge is 0.253 e. The topological polar surface area (TPSA) is 25.4 Å². The molecule has 0 fully saturated rings. The summed E-state index contributed by atoms with van der Waals surface area (Å²) in [4.78, 5) is 3.75. The lowest BCUT2D eigenvalue weighted by atomic mass is 10.2. The van der Waals surface area contributed by atoms with Gasteiger partial charge in [-0.25, -0.2) is 0 Å². The summed E-state index contributed by atoms with van der Waals surface area (Å²) in [5.41, 5.74) is -0.0533. The molecule has 22 heavy (non-hydrogen) atoms. The van der Waals surface area contributed by atoms with Crippen LogP contribution in [0.2, 0.25) is 0 Å². The lowest BCUT2D eigenvalue weighted by Gasteiger charge is -2.24. The third-order valence-corrected chi connectivity index (χ3v) is 3.20. The Balaban J connectivity index is 2.36. The normalized spacial score (nSPS) is 10.6. The predicted octanol–water partition coefficient (Wildman–Crippen LogP) is 3.67. The third-order valence-electron chi connectivity index (χ3n) is 3.20. The Morgan fingerprint density at radius 1 is 1.00 bits per heavy atom. The van der Waals surface area contributed by atoms with Gasteiger partial charge in [-0.1, -0.05) is 12.1 Å².